The van der Waals surface area contributed by atoms with Gasteiger partial charge in [-0.15, -0.1) is 0 Å². The van der Waals surface area contributed by atoms with Gasteiger partial charge >= 0.3 is 0 Å². The summed E-state index contributed by atoms with van der Waals surface area (Å²) in [5.74, 6) is 2.18. The molecule has 0 radical (unpaired) electrons. The molecule has 0 saturated carbocycles. The van der Waals surface area contributed by atoms with Crippen molar-refractivity contribution >= 4 is 5.91 Å². The number of aromatic nitrogens is 4. The molecule has 0 atom stereocenters. The number of hydrogen-bond donors (Lipinski definition) is 2. The van der Waals surface area contributed by atoms with Gasteiger partial charge in [0.1, 0.15) is 11.6 Å². The normalized spacial score (nSPS) is 10.6. The highest BCUT2D eigenvalue weighted by Gasteiger charge is 2.07. The molecule has 3 heterocycles. The van der Waals surface area contributed by atoms with E-state index in [1.807, 2.05) is 24.3 Å². The van der Waals surface area contributed by atoms with Crippen LogP contribution < -0.4 is 5.32 Å². The van der Waals surface area contributed by atoms with Crippen molar-refractivity contribution in [2.24, 2.45) is 0 Å². The summed E-state index contributed by atoms with van der Waals surface area (Å²) in [4.78, 5) is 20.1. The lowest BCUT2D eigenvalue weighted by Crippen LogP contribution is -2.26. The van der Waals surface area contributed by atoms with Gasteiger partial charge in [-0.2, -0.15) is 5.10 Å². The van der Waals surface area contributed by atoms with Gasteiger partial charge in [-0.05, 0) is 24.3 Å². The highest BCUT2D eigenvalue weighted by Crippen LogP contribution is 2.12. The highest BCUT2D eigenvalue weighted by atomic mass is 16.3. The third-order valence-electron chi connectivity index (χ3n) is 3.33. The van der Waals surface area contributed by atoms with E-state index in [2.05, 4.69) is 25.5 Å². The Hall–Kier alpha value is -2.96. The van der Waals surface area contributed by atoms with Gasteiger partial charge in [0.25, 0.3) is 0 Å². The maximum absolute atomic E-state index is 11.7. The average Bonchev–Trinajstić information content (AvgIpc) is 3.26. The zero-order valence-corrected chi connectivity index (χ0v) is 12.5. The van der Waals surface area contributed by atoms with Crippen LogP contribution in [0.4, 0.5) is 0 Å². The molecule has 0 aliphatic carbocycles. The van der Waals surface area contributed by atoms with Gasteiger partial charge in [0, 0.05) is 43.8 Å². The van der Waals surface area contributed by atoms with E-state index in [9.17, 15) is 4.79 Å². The van der Waals surface area contributed by atoms with Gasteiger partial charge in [0.15, 0.2) is 5.82 Å². The lowest BCUT2D eigenvalue weighted by Gasteiger charge is -2.02. The average molecular weight is 311 g/mol. The molecular weight excluding hydrogens is 294 g/mol. The fourth-order valence-electron chi connectivity index (χ4n) is 2.14. The van der Waals surface area contributed by atoms with Gasteiger partial charge in [0.05, 0.1) is 6.26 Å². The number of hydrogen-bond acceptors (Lipinski definition) is 5. The molecule has 0 aliphatic heterocycles. The molecule has 0 aliphatic rings. The molecule has 0 saturated heterocycles. The van der Waals surface area contributed by atoms with Crippen LogP contribution in [-0.2, 0) is 17.6 Å². The summed E-state index contributed by atoms with van der Waals surface area (Å²) in [6.07, 6.45) is 6.62. The Morgan fingerprint density at radius 1 is 1.22 bits per heavy atom. The Bertz CT molecular complexity index is 737. The summed E-state index contributed by atoms with van der Waals surface area (Å²) < 4.78 is 5.19. The first-order valence-electron chi connectivity index (χ1n) is 7.42. The van der Waals surface area contributed by atoms with E-state index in [0.717, 1.165) is 17.1 Å². The zero-order valence-electron chi connectivity index (χ0n) is 12.5. The number of carbonyl (C=O) groups is 1. The summed E-state index contributed by atoms with van der Waals surface area (Å²) in [5.41, 5.74) is 0.907. The first-order chi connectivity index (χ1) is 11.3. The molecule has 0 spiro atoms. The second kappa shape index (κ2) is 7.35. The number of furan rings is 1. The molecule has 23 heavy (non-hydrogen) atoms. The van der Waals surface area contributed by atoms with Gasteiger partial charge in [-0.1, -0.05) is 0 Å². The van der Waals surface area contributed by atoms with E-state index in [0.29, 0.717) is 31.6 Å². The molecule has 7 heteroatoms. The van der Waals surface area contributed by atoms with Crippen LogP contribution >= 0.6 is 0 Å². The predicted molar refractivity (Wildman–Crippen MR) is 83.4 cm³/mol. The summed E-state index contributed by atoms with van der Waals surface area (Å²) in [5, 5.41) is 9.91. The van der Waals surface area contributed by atoms with E-state index in [4.69, 9.17) is 4.42 Å². The van der Waals surface area contributed by atoms with Crippen molar-refractivity contribution in [2.75, 3.05) is 6.54 Å². The molecule has 3 aromatic rings. The van der Waals surface area contributed by atoms with Crippen molar-refractivity contribution in [1.29, 1.82) is 0 Å². The number of rotatable bonds is 7. The van der Waals surface area contributed by atoms with Crippen molar-refractivity contribution in [3.63, 3.8) is 0 Å². The Labute approximate surface area is 133 Å². The molecule has 3 rings (SSSR count). The van der Waals surface area contributed by atoms with E-state index < -0.39 is 0 Å². The van der Waals surface area contributed by atoms with Crippen molar-refractivity contribution in [2.45, 2.75) is 19.3 Å². The quantitative estimate of drug-likeness (QED) is 0.693. The van der Waals surface area contributed by atoms with E-state index >= 15 is 0 Å². The summed E-state index contributed by atoms with van der Waals surface area (Å²) in [7, 11) is 0. The van der Waals surface area contributed by atoms with Crippen LogP contribution in [0.2, 0.25) is 0 Å². The van der Waals surface area contributed by atoms with Crippen molar-refractivity contribution < 1.29 is 9.21 Å². The third kappa shape index (κ3) is 4.26. The van der Waals surface area contributed by atoms with Gasteiger partial charge in [-0.25, -0.2) is 4.98 Å². The molecule has 7 nitrogen and oxygen atoms in total. The highest BCUT2D eigenvalue weighted by molar-refractivity contribution is 5.76. The van der Waals surface area contributed by atoms with Gasteiger partial charge < -0.3 is 9.73 Å². The van der Waals surface area contributed by atoms with E-state index in [1.54, 1.807) is 18.7 Å². The third-order valence-corrected chi connectivity index (χ3v) is 3.33. The second-order valence-corrected chi connectivity index (χ2v) is 5.02. The van der Waals surface area contributed by atoms with Crippen LogP contribution in [0.3, 0.4) is 0 Å². The maximum Gasteiger partial charge on any atom is 0.220 e. The molecule has 1 amide bonds. The summed E-state index contributed by atoms with van der Waals surface area (Å²) in [6.45, 7) is 0.516. The number of aryl methyl sites for hydroxylation is 1. The van der Waals surface area contributed by atoms with E-state index in [-0.39, 0.29) is 5.91 Å². The zero-order chi connectivity index (χ0) is 15.9. The fourth-order valence-corrected chi connectivity index (χ4v) is 2.14. The van der Waals surface area contributed by atoms with Crippen LogP contribution in [0.25, 0.3) is 11.4 Å². The van der Waals surface area contributed by atoms with Crippen LogP contribution in [-0.4, -0.2) is 32.6 Å². The SMILES string of the molecule is O=C(CCc1ccco1)NCCc1nc(-c2ccncc2)n[nH]1. The number of nitrogens with one attached hydrogen (secondary N) is 2. The van der Waals surface area contributed by atoms with Crippen LogP contribution in [0.1, 0.15) is 18.0 Å². The molecule has 118 valence electrons. The van der Waals surface area contributed by atoms with Crippen LogP contribution in [0.5, 0.6) is 0 Å². The minimum Gasteiger partial charge on any atom is -0.469 e. The summed E-state index contributed by atoms with van der Waals surface area (Å²) in [6, 6.07) is 7.38. The van der Waals surface area contributed by atoms with Gasteiger partial charge in [0.2, 0.25) is 5.91 Å². The van der Waals surface area contributed by atoms with Crippen molar-refractivity contribution in [3.8, 4) is 11.4 Å². The molecule has 3 aromatic heterocycles. The molecule has 0 fully saturated rings. The molecule has 2 N–H and O–H groups in total. The lowest BCUT2D eigenvalue weighted by atomic mass is 10.2. The van der Waals surface area contributed by atoms with E-state index in [1.165, 1.54) is 0 Å². The monoisotopic (exact) mass is 311 g/mol. The standard InChI is InChI=1S/C16H17N5O2/c22-15(4-3-13-2-1-11-23-13)18-10-7-14-19-16(21-20-14)12-5-8-17-9-6-12/h1-2,5-6,8-9,11H,3-4,7,10H2,(H,18,22)(H,19,20,21). The molecule has 0 unspecified atom stereocenters. The Balaban J connectivity index is 1.42. The Morgan fingerprint density at radius 2 is 2.09 bits per heavy atom. The number of amides is 1. The number of aromatic amines is 1. The van der Waals surface area contributed by atoms with Crippen LogP contribution in [0, 0.1) is 0 Å². The largest absolute Gasteiger partial charge is 0.469 e. The summed E-state index contributed by atoms with van der Waals surface area (Å²) >= 11 is 0. The number of carbonyl (C=O) groups excluding carboxylic acids is 1. The minimum absolute atomic E-state index is 0.00438. The van der Waals surface area contributed by atoms with Gasteiger partial charge in [-0.3, -0.25) is 14.9 Å². The Morgan fingerprint density at radius 3 is 2.87 bits per heavy atom. The molecule has 0 bridgehead atoms. The Kier molecular flexibility index (Phi) is 4.78. The maximum atomic E-state index is 11.7. The first kappa shape index (κ1) is 15.0. The number of H-pyrrole nitrogens is 1. The van der Waals surface area contributed by atoms with Crippen molar-refractivity contribution in [1.82, 2.24) is 25.5 Å². The fraction of sp³-hybridized carbons (Fsp3) is 0.250. The smallest absolute Gasteiger partial charge is 0.220 e. The predicted octanol–water partition coefficient (Wildman–Crippen LogP) is 1.75. The van der Waals surface area contributed by atoms with Crippen molar-refractivity contribution in [3.05, 3.63) is 54.5 Å². The second-order valence-electron chi connectivity index (χ2n) is 5.02. The van der Waals surface area contributed by atoms with Crippen LogP contribution in [0.15, 0.2) is 47.3 Å². The molecular formula is C16H17N5O2. The molecule has 0 aromatic carbocycles. The number of pyridine rings is 1. The first-order valence-corrected chi connectivity index (χ1v) is 7.42. The topological polar surface area (TPSA) is 96.7 Å². The lowest BCUT2D eigenvalue weighted by molar-refractivity contribution is -0.121. The number of nitrogens with zero attached hydrogens (tertiary/aromatic N) is 3. The minimum atomic E-state index is -0.00438.